The average Bonchev–Trinajstić information content (AvgIpc) is 2.81. The van der Waals surface area contributed by atoms with E-state index in [1.54, 1.807) is 42.7 Å². The van der Waals surface area contributed by atoms with E-state index in [2.05, 4.69) is 10.3 Å². The SMILES string of the molecule is CSCC[C@H](NC(=O)c1ccc(C(O)c2ccncc2)cc1-c1ccccc1)C(=O)O.[Na]. The number of nitrogens with zero attached hydrogens (tertiary/aromatic N) is 1. The average molecular weight is 460 g/mol. The van der Waals surface area contributed by atoms with E-state index in [0.717, 1.165) is 5.56 Å². The van der Waals surface area contributed by atoms with Gasteiger partial charge in [0.25, 0.3) is 5.91 Å². The number of nitrogens with one attached hydrogen (secondary N) is 1. The summed E-state index contributed by atoms with van der Waals surface area (Å²) in [5, 5.41) is 22.9. The molecule has 0 aliphatic heterocycles. The van der Waals surface area contributed by atoms with Gasteiger partial charge in [0, 0.05) is 47.5 Å². The van der Waals surface area contributed by atoms with Gasteiger partial charge in [-0.05, 0) is 64.9 Å². The molecule has 1 heterocycles. The van der Waals surface area contributed by atoms with Crippen molar-refractivity contribution in [1.82, 2.24) is 10.3 Å². The molecule has 161 valence electrons. The summed E-state index contributed by atoms with van der Waals surface area (Å²) in [4.78, 5) is 28.6. The second-order valence-corrected chi connectivity index (χ2v) is 7.99. The summed E-state index contributed by atoms with van der Waals surface area (Å²) in [5.41, 5.74) is 3.09. The summed E-state index contributed by atoms with van der Waals surface area (Å²) < 4.78 is 0. The number of thioether (sulfide) groups is 1. The van der Waals surface area contributed by atoms with Crippen LogP contribution in [0.25, 0.3) is 11.1 Å². The number of carboxylic acids is 1. The summed E-state index contributed by atoms with van der Waals surface area (Å²) in [7, 11) is 0. The van der Waals surface area contributed by atoms with Crippen LogP contribution in [0.5, 0.6) is 0 Å². The van der Waals surface area contributed by atoms with E-state index < -0.39 is 24.0 Å². The van der Waals surface area contributed by atoms with Crippen molar-refractivity contribution in [1.29, 1.82) is 0 Å². The molecule has 0 spiro atoms. The molecule has 6 nitrogen and oxygen atoms in total. The topological polar surface area (TPSA) is 99.5 Å². The largest absolute Gasteiger partial charge is 0.480 e. The van der Waals surface area contributed by atoms with Crippen molar-refractivity contribution >= 4 is 53.2 Å². The van der Waals surface area contributed by atoms with Crippen LogP contribution in [0.2, 0.25) is 0 Å². The molecule has 2 atom stereocenters. The van der Waals surface area contributed by atoms with Gasteiger partial charge in [0.15, 0.2) is 0 Å². The Morgan fingerprint density at radius 2 is 1.72 bits per heavy atom. The van der Waals surface area contributed by atoms with E-state index in [1.165, 1.54) is 11.8 Å². The first kappa shape index (κ1) is 26.1. The van der Waals surface area contributed by atoms with Crippen LogP contribution in [-0.2, 0) is 4.79 Å². The van der Waals surface area contributed by atoms with Crippen LogP contribution < -0.4 is 5.32 Å². The Morgan fingerprint density at radius 3 is 2.34 bits per heavy atom. The summed E-state index contributed by atoms with van der Waals surface area (Å²) >= 11 is 1.53. The van der Waals surface area contributed by atoms with Gasteiger partial charge in [0.1, 0.15) is 12.1 Å². The minimum atomic E-state index is -1.06. The maximum absolute atomic E-state index is 13.0. The van der Waals surface area contributed by atoms with Crippen molar-refractivity contribution in [2.75, 3.05) is 12.0 Å². The molecule has 1 aromatic heterocycles. The van der Waals surface area contributed by atoms with Gasteiger partial charge in [0.05, 0.1) is 0 Å². The minimum Gasteiger partial charge on any atom is -0.480 e. The molecule has 0 bridgehead atoms. The Labute approximate surface area is 213 Å². The number of carboxylic acid groups (broad SMARTS) is 1. The first-order chi connectivity index (χ1) is 15.0. The third-order valence-electron chi connectivity index (χ3n) is 4.92. The molecule has 3 N–H and O–H groups in total. The number of aliphatic hydroxyl groups excluding tert-OH is 1. The number of amides is 1. The van der Waals surface area contributed by atoms with Crippen LogP contribution in [0.3, 0.4) is 0 Å². The number of benzene rings is 2. The Kier molecular flexibility index (Phi) is 10.4. The van der Waals surface area contributed by atoms with Crippen LogP contribution in [-0.4, -0.2) is 74.7 Å². The Balaban J connectivity index is 0.00000363. The van der Waals surface area contributed by atoms with E-state index in [9.17, 15) is 19.8 Å². The van der Waals surface area contributed by atoms with Gasteiger partial charge in [-0.1, -0.05) is 36.4 Å². The van der Waals surface area contributed by atoms with Gasteiger partial charge in [0.2, 0.25) is 0 Å². The molecular weight excluding hydrogens is 435 g/mol. The fraction of sp³-hybridized carbons (Fsp3) is 0.208. The first-order valence-corrected chi connectivity index (χ1v) is 11.2. The number of hydrogen-bond donors (Lipinski definition) is 3. The van der Waals surface area contributed by atoms with Gasteiger partial charge in [-0.25, -0.2) is 4.79 Å². The maximum Gasteiger partial charge on any atom is 0.326 e. The molecule has 1 unspecified atom stereocenters. The number of carbonyl (C=O) groups is 2. The summed E-state index contributed by atoms with van der Waals surface area (Å²) in [6.45, 7) is 0. The summed E-state index contributed by atoms with van der Waals surface area (Å²) in [6, 6.07) is 16.9. The quantitative estimate of drug-likeness (QED) is 0.424. The van der Waals surface area contributed by atoms with E-state index in [-0.39, 0.29) is 29.6 Å². The maximum atomic E-state index is 13.0. The summed E-state index contributed by atoms with van der Waals surface area (Å²) in [5.74, 6) is -0.898. The molecule has 1 amide bonds. The second kappa shape index (κ2) is 12.8. The van der Waals surface area contributed by atoms with E-state index in [0.29, 0.717) is 34.4 Å². The van der Waals surface area contributed by atoms with E-state index in [1.807, 2.05) is 36.6 Å². The molecule has 3 aromatic rings. The predicted octanol–water partition coefficient (Wildman–Crippen LogP) is 3.39. The number of carbonyl (C=O) groups excluding carboxylic acids is 1. The number of aliphatic hydroxyl groups is 1. The van der Waals surface area contributed by atoms with Crippen molar-refractivity contribution in [3.63, 3.8) is 0 Å². The third-order valence-corrected chi connectivity index (χ3v) is 5.57. The molecule has 3 rings (SSSR count). The monoisotopic (exact) mass is 459 g/mol. The van der Waals surface area contributed by atoms with Crippen molar-refractivity contribution in [3.8, 4) is 11.1 Å². The van der Waals surface area contributed by atoms with Crippen molar-refractivity contribution in [2.24, 2.45) is 0 Å². The zero-order chi connectivity index (χ0) is 22.2. The number of aromatic nitrogens is 1. The molecule has 2 aromatic carbocycles. The Hall–Kier alpha value is -2.16. The van der Waals surface area contributed by atoms with Crippen LogP contribution in [0.1, 0.15) is 34.0 Å². The molecule has 0 saturated heterocycles. The molecule has 0 saturated carbocycles. The molecule has 8 heteroatoms. The van der Waals surface area contributed by atoms with Crippen molar-refractivity contribution in [3.05, 3.63) is 89.7 Å². The number of hydrogen-bond acceptors (Lipinski definition) is 5. The first-order valence-electron chi connectivity index (χ1n) is 9.81. The molecular formula is C24H24N2NaO4S. The number of pyridine rings is 1. The molecule has 32 heavy (non-hydrogen) atoms. The molecule has 0 aliphatic rings. The minimum absolute atomic E-state index is 0. The zero-order valence-corrected chi connectivity index (χ0v) is 20.9. The second-order valence-electron chi connectivity index (χ2n) is 7.00. The number of aliphatic carboxylic acids is 1. The predicted molar refractivity (Wildman–Crippen MR) is 128 cm³/mol. The van der Waals surface area contributed by atoms with Crippen LogP contribution in [0.15, 0.2) is 73.1 Å². The third kappa shape index (κ3) is 6.67. The molecule has 0 aliphatic carbocycles. The smallest absolute Gasteiger partial charge is 0.326 e. The Bertz CT molecular complexity index is 1030. The van der Waals surface area contributed by atoms with Gasteiger partial charge in [-0.2, -0.15) is 11.8 Å². The van der Waals surface area contributed by atoms with Crippen molar-refractivity contribution in [2.45, 2.75) is 18.6 Å². The van der Waals surface area contributed by atoms with Crippen molar-refractivity contribution < 1.29 is 19.8 Å². The normalized spacial score (nSPS) is 12.3. The fourth-order valence-electron chi connectivity index (χ4n) is 3.25. The van der Waals surface area contributed by atoms with Gasteiger partial charge < -0.3 is 15.5 Å². The fourth-order valence-corrected chi connectivity index (χ4v) is 3.73. The summed E-state index contributed by atoms with van der Waals surface area (Å²) in [6.07, 6.45) is 4.57. The van der Waals surface area contributed by atoms with Crippen LogP contribution in [0.4, 0.5) is 0 Å². The van der Waals surface area contributed by atoms with Gasteiger partial charge in [-0.3, -0.25) is 9.78 Å². The van der Waals surface area contributed by atoms with E-state index >= 15 is 0 Å². The number of rotatable bonds is 9. The van der Waals surface area contributed by atoms with Gasteiger partial charge in [-0.15, -0.1) is 0 Å². The Morgan fingerprint density at radius 1 is 1.03 bits per heavy atom. The van der Waals surface area contributed by atoms with Crippen LogP contribution in [0, 0.1) is 0 Å². The standard InChI is InChI=1S/C24H24N2O4S.Na/c1-31-14-11-21(24(29)30)26-23(28)19-8-7-18(22(27)17-9-12-25-13-10-17)15-20(19)16-5-3-2-4-6-16;/h2-10,12-13,15,21-22,27H,11,14H2,1H3,(H,26,28)(H,29,30);/t21-,22?;/m0./s1. The zero-order valence-electron chi connectivity index (χ0n) is 18.1. The van der Waals surface area contributed by atoms with Crippen LogP contribution >= 0.6 is 11.8 Å². The molecule has 0 fully saturated rings. The molecule has 1 radical (unpaired) electrons. The van der Waals surface area contributed by atoms with Gasteiger partial charge >= 0.3 is 5.97 Å². The van der Waals surface area contributed by atoms with E-state index in [4.69, 9.17) is 0 Å².